The lowest BCUT2D eigenvalue weighted by atomic mass is 10.2. The van der Waals surface area contributed by atoms with Gasteiger partial charge in [0, 0.05) is 10.0 Å². The number of esters is 1. The standard InChI is InChI=1S/C17H15BrN2O5S/c1-23-13-5-4-12(18)9-11(13)10-24-15(21)6-7-20-17(22)25-16(19-20)14-3-2-8-26-14/h2-5,8-9H,6-7,10H2,1H3. The average molecular weight is 439 g/mol. The number of benzene rings is 1. The van der Waals surface area contributed by atoms with E-state index < -0.39 is 11.7 Å². The van der Waals surface area contributed by atoms with Crippen molar-refractivity contribution >= 4 is 33.2 Å². The molecule has 0 aliphatic carbocycles. The Morgan fingerprint density at radius 1 is 1.38 bits per heavy atom. The van der Waals surface area contributed by atoms with Gasteiger partial charge < -0.3 is 13.9 Å². The van der Waals surface area contributed by atoms with Crippen LogP contribution in [0.4, 0.5) is 0 Å². The molecule has 7 nitrogen and oxygen atoms in total. The fraction of sp³-hybridized carbons (Fsp3) is 0.235. The van der Waals surface area contributed by atoms with Crippen molar-refractivity contribution in [1.29, 1.82) is 0 Å². The Balaban J connectivity index is 1.57. The molecule has 2 heterocycles. The predicted molar refractivity (Wildman–Crippen MR) is 99.2 cm³/mol. The van der Waals surface area contributed by atoms with Gasteiger partial charge >= 0.3 is 11.7 Å². The monoisotopic (exact) mass is 438 g/mol. The zero-order chi connectivity index (χ0) is 18.5. The number of rotatable bonds is 7. The van der Waals surface area contributed by atoms with Crippen molar-refractivity contribution in [3.63, 3.8) is 0 Å². The highest BCUT2D eigenvalue weighted by atomic mass is 79.9. The first-order chi connectivity index (χ1) is 12.6. The first kappa shape index (κ1) is 18.4. The third-order valence-electron chi connectivity index (χ3n) is 3.50. The molecule has 9 heteroatoms. The van der Waals surface area contributed by atoms with Crippen LogP contribution in [0.2, 0.25) is 0 Å². The van der Waals surface area contributed by atoms with Gasteiger partial charge in [-0.15, -0.1) is 16.4 Å². The molecule has 0 atom stereocenters. The summed E-state index contributed by atoms with van der Waals surface area (Å²) in [5, 5.41) is 5.96. The first-order valence-electron chi connectivity index (χ1n) is 7.66. The summed E-state index contributed by atoms with van der Waals surface area (Å²) in [4.78, 5) is 24.5. The second-order valence-electron chi connectivity index (χ2n) is 5.24. The Morgan fingerprint density at radius 2 is 2.23 bits per heavy atom. The molecule has 136 valence electrons. The Labute approximate surface area is 161 Å². The molecule has 0 aliphatic rings. The van der Waals surface area contributed by atoms with Gasteiger partial charge in [0.15, 0.2) is 0 Å². The van der Waals surface area contributed by atoms with E-state index in [0.717, 1.165) is 19.6 Å². The summed E-state index contributed by atoms with van der Waals surface area (Å²) < 4.78 is 17.6. The summed E-state index contributed by atoms with van der Waals surface area (Å²) in [5.74, 6) is -0.166. The van der Waals surface area contributed by atoms with Crippen LogP contribution in [0.5, 0.6) is 5.75 Å². The van der Waals surface area contributed by atoms with Gasteiger partial charge in [-0.2, -0.15) is 4.68 Å². The molecule has 0 radical (unpaired) electrons. The lowest BCUT2D eigenvalue weighted by Crippen LogP contribution is -2.19. The molecule has 1 aromatic carbocycles. The SMILES string of the molecule is COc1ccc(Br)cc1COC(=O)CCn1nc(-c2cccs2)oc1=O. The van der Waals surface area contributed by atoms with Gasteiger partial charge in [0.05, 0.1) is 25.0 Å². The highest BCUT2D eigenvalue weighted by molar-refractivity contribution is 9.10. The van der Waals surface area contributed by atoms with Crippen molar-refractivity contribution in [3.05, 3.63) is 56.3 Å². The lowest BCUT2D eigenvalue weighted by molar-refractivity contribution is -0.145. The van der Waals surface area contributed by atoms with Crippen molar-refractivity contribution in [2.45, 2.75) is 19.6 Å². The maximum Gasteiger partial charge on any atom is 0.437 e. The minimum Gasteiger partial charge on any atom is -0.496 e. The second-order valence-corrected chi connectivity index (χ2v) is 7.10. The summed E-state index contributed by atoms with van der Waals surface area (Å²) in [5.41, 5.74) is 0.744. The van der Waals surface area contributed by atoms with Crippen LogP contribution in [0, 0.1) is 0 Å². The van der Waals surface area contributed by atoms with Crippen LogP contribution >= 0.6 is 27.3 Å². The van der Waals surface area contributed by atoms with E-state index in [9.17, 15) is 9.59 Å². The van der Waals surface area contributed by atoms with Gasteiger partial charge in [-0.05, 0) is 29.6 Å². The molecule has 0 saturated carbocycles. The van der Waals surface area contributed by atoms with Crippen molar-refractivity contribution in [1.82, 2.24) is 9.78 Å². The summed E-state index contributed by atoms with van der Waals surface area (Å²) in [6.45, 7) is 0.164. The lowest BCUT2D eigenvalue weighted by Gasteiger charge is -2.09. The van der Waals surface area contributed by atoms with Crippen LogP contribution in [-0.2, 0) is 22.7 Å². The summed E-state index contributed by atoms with van der Waals surface area (Å²) in [6, 6.07) is 9.09. The molecule has 26 heavy (non-hydrogen) atoms. The second kappa shape index (κ2) is 8.33. The fourth-order valence-electron chi connectivity index (χ4n) is 2.23. The smallest absolute Gasteiger partial charge is 0.437 e. The highest BCUT2D eigenvalue weighted by Crippen LogP contribution is 2.24. The van der Waals surface area contributed by atoms with Gasteiger partial charge in [0.2, 0.25) is 0 Å². The van der Waals surface area contributed by atoms with E-state index in [-0.39, 0.29) is 25.5 Å². The zero-order valence-electron chi connectivity index (χ0n) is 13.8. The molecule has 0 N–H and O–H groups in total. The molecule has 0 fully saturated rings. The molecule has 0 saturated heterocycles. The molecule has 2 aromatic heterocycles. The number of aryl methyl sites for hydroxylation is 1. The molecule has 3 aromatic rings. The molecule has 0 bridgehead atoms. The molecule has 0 spiro atoms. The molecular weight excluding hydrogens is 424 g/mol. The quantitative estimate of drug-likeness (QED) is 0.525. The van der Waals surface area contributed by atoms with Crippen molar-refractivity contribution in [2.24, 2.45) is 0 Å². The van der Waals surface area contributed by atoms with Crippen LogP contribution < -0.4 is 10.5 Å². The zero-order valence-corrected chi connectivity index (χ0v) is 16.2. The van der Waals surface area contributed by atoms with E-state index in [1.54, 1.807) is 19.2 Å². The van der Waals surface area contributed by atoms with E-state index >= 15 is 0 Å². The number of hydrogen-bond donors (Lipinski definition) is 0. The number of nitrogens with zero attached hydrogens (tertiary/aromatic N) is 2. The largest absolute Gasteiger partial charge is 0.496 e. The third kappa shape index (κ3) is 4.41. The Bertz CT molecular complexity index is 948. The van der Waals surface area contributed by atoms with E-state index in [4.69, 9.17) is 13.9 Å². The first-order valence-corrected chi connectivity index (χ1v) is 9.34. The topological polar surface area (TPSA) is 83.6 Å². The number of thiophene rings is 1. The van der Waals surface area contributed by atoms with E-state index in [0.29, 0.717) is 5.75 Å². The minimum absolute atomic E-state index is 0.00659. The maximum atomic E-state index is 12.0. The number of ether oxygens (including phenoxy) is 2. The predicted octanol–water partition coefficient (Wildman–Crippen LogP) is 3.47. The number of carbonyl (C=O) groups is 1. The molecule has 3 rings (SSSR count). The third-order valence-corrected chi connectivity index (χ3v) is 4.85. The van der Waals surface area contributed by atoms with Gasteiger partial charge in [-0.3, -0.25) is 4.79 Å². The summed E-state index contributed by atoms with van der Waals surface area (Å²) >= 11 is 4.79. The number of carbonyl (C=O) groups excluding carboxylic acids is 1. The number of methoxy groups -OCH3 is 1. The average Bonchev–Trinajstić information content (AvgIpc) is 3.28. The van der Waals surface area contributed by atoms with Gasteiger partial charge in [-0.25, -0.2) is 4.79 Å². The molecular formula is C17H15BrN2O5S. The van der Waals surface area contributed by atoms with Crippen LogP contribution in [0.3, 0.4) is 0 Å². The van der Waals surface area contributed by atoms with Crippen LogP contribution in [0.15, 0.2) is 49.4 Å². The molecule has 0 amide bonds. The van der Waals surface area contributed by atoms with Crippen molar-refractivity contribution in [3.8, 4) is 16.5 Å². The molecule has 0 aliphatic heterocycles. The van der Waals surface area contributed by atoms with Crippen LogP contribution in [0.25, 0.3) is 10.8 Å². The Kier molecular flexibility index (Phi) is 5.89. The van der Waals surface area contributed by atoms with E-state index in [1.165, 1.54) is 11.3 Å². The number of halogens is 1. The summed E-state index contributed by atoms with van der Waals surface area (Å²) in [7, 11) is 1.55. The number of hydrogen-bond acceptors (Lipinski definition) is 7. The minimum atomic E-state index is -0.602. The molecule has 0 unspecified atom stereocenters. The summed E-state index contributed by atoms with van der Waals surface area (Å²) in [6.07, 6.45) is 0.00659. The number of aromatic nitrogens is 2. The highest BCUT2D eigenvalue weighted by Gasteiger charge is 2.13. The normalized spacial score (nSPS) is 10.7. The van der Waals surface area contributed by atoms with Crippen molar-refractivity contribution in [2.75, 3.05) is 7.11 Å². The van der Waals surface area contributed by atoms with Crippen LogP contribution in [0.1, 0.15) is 12.0 Å². The van der Waals surface area contributed by atoms with Crippen LogP contribution in [-0.4, -0.2) is 22.9 Å². The van der Waals surface area contributed by atoms with Gasteiger partial charge in [0.1, 0.15) is 12.4 Å². The van der Waals surface area contributed by atoms with Gasteiger partial charge in [0.25, 0.3) is 5.89 Å². The fourth-order valence-corrected chi connectivity index (χ4v) is 3.29. The van der Waals surface area contributed by atoms with Gasteiger partial charge in [-0.1, -0.05) is 22.0 Å². The van der Waals surface area contributed by atoms with Crippen molar-refractivity contribution < 1.29 is 18.7 Å². The van der Waals surface area contributed by atoms with E-state index in [2.05, 4.69) is 21.0 Å². The Morgan fingerprint density at radius 3 is 2.96 bits per heavy atom. The maximum absolute atomic E-state index is 12.0. The Hall–Kier alpha value is -2.39. The van der Waals surface area contributed by atoms with E-state index in [1.807, 2.05) is 23.6 Å².